The lowest BCUT2D eigenvalue weighted by Gasteiger charge is -2.08. The summed E-state index contributed by atoms with van der Waals surface area (Å²) in [7, 11) is -3.43. The molecule has 0 radical (unpaired) electrons. The van der Waals surface area contributed by atoms with E-state index in [1.54, 1.807) is 0 Å². The number of amides is 1. The van der Waals surface area contributed by atoms with E-state index in [2.05, 4.69) is 5.32 Å². The summed E-state index contributed by atoms with van der Waals surface area (Å²) < 4.78 is 36.3. The van der Waals surface area contributed by atoms with Gasteiger partial charge < -0.3 is 11.1 Å². The summed E-state index contributed by atoms with van der Waals surface area (Å²) in [5.41, 5.74) is 5.23. The van der Waals surface area contributed by atoms with Crippen LogP contribution in [0.25, 0.3) is 0 Å². The van der Waals surface area contributed by atoms with Crippen molar-refractivity contribution in [3.05, 3.63) is 24.0 Å². The van der Waals surface area contributed by atoms with Crippen LogP contribution in [0.3, 0.4) is 0 Å². The Morgan fingerprint density at radius 1 is 1.30 bits per heavy atom. The van der Waals surface area contributed by atoms with Crippen molar-refractivity contribution in [1.82, 2.24) is 0 Å². The second-order valence-corrected chi connectivity index (χ2v) is 6.58. The van der Waals surface area contributed by atoms with Gasteiger partial charge in [0.25, 0.3) is 0 Å². The second kappa shape index (κ2) is 7.35. The van der Waals surface area contributed by atoms with E-state index in [0.717, 1.165) is 31.2 Å². The quantitative estimate of drug-likeness (QED) is 0.592. The number of benzene rings is 1. The van der Waals surface area contributed by atoms with Gasteiger partial charge in [-0.1, -0.05) is 6.42 Å². The van der Waals surface area contributed by atoms with Crippen LogP contribution < -0.4 is 11.1 Å². The van der Waals surface area contributed by atoms with Crippen molar-refractivity contribution in [1.29, 1.82) is 0 Å². The number of rotatable bonds is 7. The third-order valence-electron chi connectivity index (χ3n) is 2.75. The molecule has 0 saturated heterocycles. The summed E-state index contributed by atoms with van der Waals surface area (Å²) in [4.78, 5) is 11.6. The van der Waals surface area contributed by atoms with Crippen molar-refractivity contribution in [2.75, 3.05) is 18.1 Å². The van der Waals surface area contributed by atoms with Crippen LogP contribution in [0.15, 0.2) is 23.1 Å². The zero-order chi connectivity index (χ0) is 15.2. The van der Waals surface area contributed by atoms with E-state index in [-0.39, 0.29) is 22.9 Å². The van der Waals surface area contributed by atoms with Crippen molar-refractivity contribution in [3.63, 3.8) is 0 Å². The van der Waals surface area contributed by atoms with Crippen LogP contribution in [0.5, 0.6) is 0 Å². The van der Waals surface area contributed by atoms with Gasteiger partial charge in [-0.3, -0.25) is 4.79 Å². The number of carbonyl (C=O) groups is 1. The highest BCUT2D eigenvalue weighted by atomic mass is 32.2. The van der Waals surface area contributed by atoms with E-state index in [4.69, 9.17) is 5.73 Å². The first-order chi connectivity index (χ1) is 9.34. The Balaban J connectivity index is 2.69. The van der Waals surface area contributed by atoms with Crippen LogP contribution in [0, 0.1) is 5.82 Å². The number of halogens is 1. The number of hydrogen-bond acceptors (Lipinski definition) is 4. The van der Waals surface area contributed by atoms with Gasteiger partial charge in [-0.2, -0.15) is 0 Å². The lowest BCUT2D eigenvalue weighted by atomic mass is 10.2. The standard InChI is InChI=1S/C13H19FN2O3S/c1-20(18,19)10-6-7-11(14)12(9-10)16-13(17)5-3-2-4-8-15/h6-7,9H,2-5,8,15H2,1H3,(H,16,17). The van der Waals surface area contributed by atoms with Gasteiger partial charge in [0.2, 0.25) is 5.91 Å². The summed E-state index contributed by atoms with van der Waals surface area (Å²) >= 11 is 0. The zero-order valence-electron chi connectivity index (χ0n) is 11.4. The van der Waals surface area contributed by atoms with Gasteiger partial charge in [0.15, 0.2) is 9.84 Å². The fraction of sp³-hybridized carbons (Fsp3) is 0.462. The van der Waals surface area contributed by atoms with E-state index >= 15 is 0 Å². The summed E-state index contributed by atoms with van der Waals surface area (Å²) in [6.07, 6.45) is 3.61. The molecule has 5 nitrogen and oxygen atoms in total. The molecule has 0 spiro atoms. The third-order valence-corrected chi connectivity index (χ3v) is 3.86. The highest BCUT2D eigenvalue weighted by Crippen LogP contribution is 2.20. The Hall–Kier alpha value is -1.47. The van der Waals surface area contributed by atoms with Crippen molar-refractivity contribution in [2.24, 2.45) is 5.73 Å². The predicted octanol–water partition coefficient (Wildman–Crippen LogP) is 1.69. The number of hydrogen-bond donors (Lipinski definition) is 2. The van der Waals surface area contributed by atoms with E-state index < -0.39 is 15.7 Å². The van der Waals surface area contributed by atoms with Gasteiger partial charge in [0.1, 0.15) is 5.82 Å². The van der Waals surface area contributed by atoms with Crippen LogP contribution in [0.4, 0.5) is 10.1 Å². The molecule has 0 fully saturated rings. The molecule has 0 unspecified atom stereocenters. The molecule has 0 atom stereocenters. The van der Waals surface area contributed by atoms with Gasteiger partial charge in [-0.05, 0) is 37.6 Å². The molecule has 0 aliphatic rings. The van der Waals surface area contributed by atoms with Crippen molar-refractivity contribution >= 4 is 21.4 Å². The average molecular weight is 302 g/mol. The smallest absolute Gasteiger partial charge is 0.224 e. The summed E-state index contributed by atoms with van der Waals surface area (Å²) in [5.74, 6) is -1.00. The van der Waals surface area contributed by atoms with Crippen LogP contribution in [0.1, 0.15) is 25.7 Å². The van der Waals surface area contributed by atoms with Gasteiger partial charge >= 0.3 is 0 Å². The molecule has 0 aliphatic carbocycles. The van der Waals surface area contributed by atoms with Crippen molar-refractivity contribution in [2.45, 2.75) is 30.6 Å². The third kappa shape index (κ3) is 5.26. The van der Waals surface area contributed by atoms with E-state index in [9.17, 15) is 17.6 Å². The number of unbranched alkanes of at least 4 members (excludes halogenated alkanes) is 2. The molecule has 0 aromatic heterocycles. The number of carbonyl (C=O) groups excluding carboxylic acids is 1. The molecule has 1 rings (SSSR count). The summed E-state index contributed by atoms with van der Waals surface area (Å²) in [5, 5.41) is 2.39. The Bertz CT molecular complexity index is 573. The SMILES string of the molecule is CS(=O)(=O)c1ccc(F)c(NC(=O)CCCCCN)c1. The topological polar surface area (TPSA) is 89.3 Å². The molecule has 0 aliphatic heterocycles. The van der Waals surface area contributed by atoms with Crippen LogP contribution in [-0.2, 0) is 14.6 Å². The molecule has 0 saturated carbocycles. The van der Waals surface area contributed by atoms with Crippen LogP contribution in [-0.4, -0.2) is 27.1 Å². The molecular weight excluding hydrogens is 283 g/mol. The number of sulfone groups is 1. The maximum absolute atomic E-state index is 13.5. The molecule has 0 heterocycles. The highest BCUT2D eigenvalue weighted by molar-refractivity contribution is 7.90. The van der Waals surface area contributed by atoms with Crippen LogP contribution >= 0.6 is 0 Å². The molecule has 7 heteroatoms. The molecule has 3 N–H and O–H groups in total. The Kier molecular flexibility index (Phi) is 6.09. The van der Waals surface area contributed by atoms with Gasteiger partial charge in [-0.15, -0.1) is 0 Å². The first-order valence-electron chi connectivity index (χ1n) is 6.34. The van der Waals surface area contributed by atoms with Crippen molar-refractivity contribution in [3.8, 4) is 0 Å². The molecule has 1 amide bonds. The Morgan fingerprint density at radius 2 is 2.00 bits per heavy atom. The molecule has 20 heavy (non-hydrogen) atoms. The molecular formula is C13H19FN2O3S. The normalized spacial score (nSPS) is 11.3. The minimum Gasteiger partial charge on any atom is -0.330 e. The predicted molar refractivity (Wildman–Crippen MR) is 75.7 cm³/mol. The maximum atomic E-state index is 13.5. The average Bonchev–Trinajstić information content (AvgIpc) is 2.36. The van der Waals surface area contributed by atoms with Crippen molar-refractivity contribution < 1.29 is 17.6 Å². The number of anilines is 1. The summed E-state index contributed by atoms with van der Waals surface area (Å²) in [6, 6.07) is 3.32. The van der Waals surface area contributed by atoms with E-state index in [0.29, 0.717) is 13.0 Å². The highest BCUT2D eigenvalue weighted by Gasteiger charge is 2.12. The molecule has 0 bridgehead atoms. The van der Waals surface area contributed by atoms with Gasteiger partial charge in [0, 0.05) is 12.7 Å². The lowest BCUT2D eigenvalue weighted by molar-refractivity contribution is -0.116. The Morgan fingerprint density at radius 3 is 2.60 bits per heavy atom. The van der Waals surface area contributed by atoms with E-state index in [1.807, 2.05) is 0 Å². The molecule has 112 valence electrons. The second-order valence-electron chi connectivity index (χ2n) is 4.56. The Labute approximate surface area is 118 Å². The molecule has 1 aromatic carbocycles. The van der Waals surface area contributed by atoms with Gasteiger partial charge in [0.05, 0.1) is 10.6 Å². The first-order valence-corrected chi connectivity index (χ1v) is 8.23. The fourth-order valence-electron chi connectivity index (χ4n) is 1.65. The van der Waals surface area contributed by atoms with Crippen LogP contribution in [0.2, 0.25) is 0 Å². The minimum absolute atomic E-state index is 0.0302. The molecule has 1 aromatic rings. The maximum Gasteiger partial charge on any atom is 0.224 e. The van der Waals surface area contributed by atoms with E-state index in [1.165, 1.54) is 6.07 Å². The summed E-state index contributed by atoms with van der Waals surface area (Å²) in [6.45, 7) is 0.576. The number of nitrogens with two attached hydrogens (primary N) is 1. The number of nitrogens with one attached hydrogen (secondary N) is 1. The lowest BCUT2D eigenvalue weighted by Crippen LogP contribution is -2.13. The van der Waals surface area contributed by atoms with Gasteiger partial charge in [-0.25, -0.2) is 12.8 Å². The first kappa shape index (κ1) is 16.6. The fourth-order valence-corrected chi connectivity index (χ4v) is 2.30. The zero-order valence-corrected chi connectivity index (χ0v) is 12.2. The minimum atomic E-state index is -3.43. The largest absolute Gasteiger partial charge is 0.330 e. The monoisotopic (exact) mass is 302 g/mol.